The van der Waals surface area contributed by atoms with Crippen molar-refractivity contribution in [1.29, 1.82) is 0 Å². The normalized spacial score (nSPS) is 25.7. The first-order chi connectivity index (χ1) is 35.7. The number of hydrogen-bond acceptors (Lipinski definition) is 3. The van der Waals surface area contributed by atoms with Crippen molar-refractivity contribution in [3.8, 4) is 11.1 Å². The second kappa shape index (κ2) is 15.5. The number of nitrogens with zero attached hydrogens (tertiary/aromatic N) is 2. The van der Waals surface area contributed by atoms with Gasteiger partial charge in [-0.15, -0.1) is 11.3 Å². The molecule has 3 heterocycles. The predicted molar refractivity (Wildman–Crippen MR) is 330 cm³/mol. The Morgan fingerprint density at radius 2 is 1.17 bits per heavy atom. The molecule has 6 aliphatic carbocycles. The highest BCUT2D eigenvalue weighted by molar-refractivity contribution is 7.29. The third kappa shape index (κ3) is 6.64. The van der Waals surface area contributed by atoms with Crippen LogP contribution in [0.1, 0.15) is 192 Å². The number of aryl methyl sites for hydroxylation is 1. The van der Waals surface area contributed by atoms with E-state index >= 15 is 0 Å². The molecular formula is C72H81BN2S. The SMILES string of the molecule is Cc1cc2c(cc1N1c3cc(C(C)(C)C)ccc3B3c4sc5c(c4N(c4ccc6c(c4)C(C)(C)CCC6(C)C)c4cc(-c6cccc7ccccc67)cc1c43)CC1(C)C(=C5)C3(C)CCC1(C)CC3)C(C)(C)CCC2(C)C. The minimum Gasteiger partial charge on any atom is -0.311 e. The van der Waals surface area contributed by atoms with Crippen molar-refractivity contribution < 1.29 is 0 Å². The van der Waals surface area contributed by atoms with Gasteiger partial charge in [-0.1, -0.05) is 169 Å². The van der Waals surface area contributed by atoms with E-state index in [0.717, 1.165) is 6.42 Å². The molecule has 2 aliphatic heterocycles. The largest absolute Gasteiger partial charge is 0.311 e. The number of rotatable bonds is 3. The number of thiophene rings is 1. The minimum absolute atomic E-state index is 0.0390. The highest BCUT2D eigenvalue weighted by atomic mass is 32.1. The van der Waals surface area contributed by atoms with Crippen molar-refractivity contribution in [3.63, 3.8) is 0 Å². The van der Waals surface area contributed by atoms with Crippen molar-refractivity contribution in [1.82, 2.24) is 0 Å². The zero-order chi connectivity index (χ0) is 53.2. The van der Waals surface area contributed by atoms with Crippen LogP contribution in [0.3, 0.4) is 0 Å². The lowest BCUT2D eigenvalue weighted by Crippen LogP contribution is -2.60. The predicted octanol–water partition coefficient (Wildman–Crippen LogP) is 18.5. The van der Waals surface area contributed by atoms with Gasteiger partial charge in [0.1, 0.15) is 0 Å². The van der Waals surface area contributed by atoms with Gasteiger partial charge >= 0.3 is 0 Å². The molecular weight excluding hydrogens is 936 g/mol. The van der Waals surface area contributed by atoms with Gasteiger partial charge in [0, 0.05) is 38.1 Å². The summed E-state index contributed by atoms with van der Waals surface area (Å²) in [5.41, 5.74) is 26.5. The standard InChI is InChI=1S/C72H81BN2S/c1-43-35-52-54(69(11,12)30-29-67(52,7)8)40-56(43)75-57-38-46(65(2,3)4)23-26-55(57)73-62-58(36-45(37-59(62)75)49-22-18-20-44-19-16-17-21-48(44)49)74(47-24-25-51-53(39-47)68(9,10)28-27-66(51,5)6)63-50-42-72(15)61(41-60(50)76-64(63)73)70(13)31-33-71(72,14)34-32-70/h16-26,35-41H,27-34,42H2,1-15H3. The molecule has 15 rings (SSSR count). The van der Waals surface area contributed by atoms with Gasteiger partial charge < -0.3 is 9.80 Å². The van der Waals surface area contributed by atoms with Gasteiger partial charge in [0.05, 0.1) is 5.69 Å². The highest BCUT2D eigenvalue weighted by Crippen LogP contribution is 2.71. The number of fused-ring (bicyclic) bond motifs is 11. The Labute approximate surface area is 460 Å². The fourth-order valence-electron chi connectivity index (χ4n) is 16.8. The van der Waals surface area contributed by atoms with E-state index in [0.29, 0.717) is 0 Å². The lowest BCUT2D eigenvalue weighted by Gasteiger charge is -2.64. The quantitative estimate of drug-likeness (QED) is 0.163. The summed E-state index contributed by atoms with van der Waals surface area (Å²) < 4.78 is 1.52. The van der Waals surface area contributed by atoms with E-state index < -0.39 is 0 Å². The summed E-state index contributed by atoms with van der Waals surface area (Å²) in [4.78, 5) is 7.12. The fourth-order valence-corrected chi connectivity index (χ4v) is 18.1. The maximum absolute atomic E-state index is 2.85. The van der Waals surface area contributed by atoms with Crippen LogP contribution in [0.25, 0.3) is 28.0 Å². The third-order valence-corrected chi connectivity index (χ3v) is 23.6. The molecule has 8 aliphatic rings. The lowest BCUT2D eigenvalue weighted by atomic mass is 9.35. The molecule has 1 aromatic heterocycles. The van der Waals surface area contributed by atoms with Crippen LogP contribution in [-0.2, 0) is 33.5 Å². The van der Waals surface area contributed by atoms with Crippen LogP contribution in [0.4, 0.5) is 34.1 Å². The molecule has 2 bridgehead atoms. The molecule has 0 radical (unpaired) electrons. The number of anilines is 6. The molecule has 0 amide bonds. The fraction of sp³-hybridized carbons (Fsp3) is 0.444. The zero-order valence-electron chi connectivity index (χ0n) is 48.6. The van der Waals surface area contributed by atoms with Gasteiger partial charge in [-0.05, 0) is 222 Å². The number of hydrogen-bond donors (Lipinski definition) is 0. The second-order valence-electron chi connectivity index (χ2n) is 29.9. The molecule has 0 N–H and O–H groups in total. The zero-order valence-corrected chi connectivity index (χ0v) is 49.5. The summed E-state index contributed by atoms with van der Waals surface area (Å²) in [6, 6.07) is 42.0. The second-order valence-corrected chi connectivity index (χ2v) is 31.0. The summed E-state index contributed by atoms with van der Waals surface area (Å²) in [6.07, 6.45) is 13.9. The minimum atomic E-state index is -0.0390. The molecule has 3 fully saturated rings. The van der Waals surface area contributed by atoms with Gasteiger partial charge in [-0.2, -0.15) is 0 Å². The highest BCUT2D eigenvalue weighted by Gasteiger charge is 2.61. The Hall–Kier alpha value is -5.32. The van der Waals surface area contributed by atoms with E-state index in [1.54, 1.807) is 11.1 Å². The first-order valence-electron chi connectivity index (χ1n) is 29.3. The van der Waals surface area contributed by atoms with Crippen LogP contribution < -0.4 is 25.5 Å². The molecule has 2 nitrogen and oxygen atoms in total. The molecule has 388 valence electrons. The maximum Gasteiger partial charge on any atom is 0.264 e. The van der Waals surface area contributed by atoms with Crippen LogP contribution in [0, 0.1) is 23.2 Å². The van der Waals surface area contributed by atoms with Gasteiger partial charge in [0.2, 0.25) is 0 Å². The van der Waals surface area contributed by atoms with Crippen LogP contribution in [0.5, 0.6) is 0 Å². The molecule has 4 heteroatoms. The Kier molecular flexibility index (Phi) is 9.99. The molecule has 76 heavy (non-hydrogen) atoms. The Morgan fingerprint density at radius 1 is 0.553 bits per heavy atom. The van der Waals surface area contributed by atoms with Crippen molar-refractivity contribution in [3.05, 3.63) is 153 Å². The maximum atomic E-state index is 2.85. The van der Waals surface area contributed by atoms with E-state index in [4.69, 9.17) is 0 Å². The van der Waals surface area contributed by atoms with E-state index in [1.165, 1.54) is 161 Å². The van der Waals surface area contributed by atoms with Crippen LogP contribution in [0.2, 0.25) is 0 Å². The first kappa shape index (κ1) is 49.0. The smallest absolute Gasteiger partial charge is 0.264 e. The summed E-state index contributed by atoms with van der Waals surface area (Å²) in [6.45, 7) is 37.6. The molecule has 7 aromatic rings. The van der Waals surface area contributed by atoms with E-state index in [2.05, 4.69) is 234 Å². The molecule has 3 saturated carbocycles. The summed E-state index contributed by atoms with van der Waals surface area (Å²) >= 11 is 2.14. The van der Waals surface area contributed by atoms with Crippen molar-refractivity contribution in [2.75, 3.05) is 9.80 Å². The molecule has 1 unspecified atom stereocenters. The van der Waals surface area contributed by atoms with E-state index in [9.17, 15) is 0 Å². The van der Waals surface area contributed by atoms with E-state index in [-0.39, 0.29) is 50.0 Å². The first-order valence-corrected chi connectivity index (χ1v) is 30.2. The lowest BCUT2D eigenvalue weighted by molar-refractivity contribution is -0.0461. The van der Waals surface area contributed by atoms with Crippen molar-refractivity contribution >= 4 is 84.7 Å². The molecule has 1 atom stereocenters. The Bertz CT molecular complexity index is 3700. The average molecular weight is 1020 g/mol. The van der Waals surface area contributed by atoms with Crippen LogP contribution >= 0.6 is 11.3 Å². The third-order valence-electron chi connectivity index (χ3n) is 22.3. The van der Waals surface area contributed by atoms with Gasteiger partial charge in [-0.3, -0.25) is 0 Å². The topological polar surface area (TPSA) is 6.48 Å². The molecule has 0 spiro atoms. The van der Waals surface area contributed by atoms with E-state index in [1.807, 2.05) is 0 Å². The van der Waals surface area contributed by atoms with Crippen LogP contribution in [0.15, 0.2) is 109 Å². The van der Waals surface area contributed by atoms with Crippen molar-refractivity contribution in [2.45, 2.75) is 189 Å². The average Bonchev–Trinajstić information content (AvgIpc) is 3.76. The monoisotopic (exact) mass is 1020 g/mol. The summed E-state index contributed by atoms with van der Waals surface area (Å²) in [7, 11) is 0. The number of allylic oxidation sites excluding steroid dienone is 1. The summed E-state index contributed by atoms with van der Waals surface area (Å²) in [5, 5.41) is 2.58. The van der Waals surface area contributed by atoms with Crippen LogP contribution in [-0.4, -0.2) is 6.71 Å². The summed E-state index contributed by atoms with van der Waals surface area (Å²) in [5.74, 6) is 0. The molecule has 0 saturated heterocycles. The Balaban J connectivity index is 1.13. The number of benzene rings is 6. The van der Waals surface area contributed by atoms with Crippen molar-refractivity contribution in [2.24, 2.45) is 16.2 Å². The molecule has 6 aromatic carbocycles. The Morgan fingerprint density at radius 3 is 1.86 bits per heavy atom. The van der Waals surface area contributed by atoms with Gasteiger partial charge in [-0.25, -0.2) is 0 Å². The van der Waals surface area contributed by atoms with Gasteiger partial charge in [0.25, 0.3) is 6.71 Å². The van der Waals surface area contributed by atoms with Gasteiger partial charge in [0.15, 0.2) is 0 Å².